The normalized spacial score (nSPS) is 17.2. The predicted molar refractivity (Wildman–Crippen MR) is 139 cm³/mol. The number of carbonyl (C=O) groups excluding carboxylic acids is 2. The number of halogens is 1. The molecule has 0 radical (unpaired) electrons. The number of Topliss-reactive ketones (excluding diaryl/α,β-unsaturated/α-hetero) is 1. The number of pyridine rings is 1. The predicted octanol–water partition coefficient (Wildman–Crippen LogP) is 5.61. The van der Waals surface area contributed by atoms with Crippen molar-refractivity contribution in [3.05, 3.63) is 106 Å². The summed E-state index contributed by atoms with van der Waals surface area (Å²) in [6.07, 6.45) is 3.03. The Morgan fingerprint density at radius 3 is 2.43 bits per heavy atom. The van der Waals surface area contributed by atoms with Crippen LogP contribution in [0.5, 0.6) is 0 Å². The van der Waals surface area contributed by atoms with Crippen LogP contribution in [0, 0.1) is 0 Å². The maximum Gasteiger partial charge on any atom is 0.301 e. The Balaban J connectivity index is 1.54. The van der Waals surface area contributed by atoms with Gasteiger partial charge < -0.3 is 5.11 Å². The summed E-state index contributed by atoms with van der Waals surface area (Å²) in [6, 6.07) is 19.5. The van der Waals surface area contributed by atoms with Crippen molar-refractivity contribution < 1.29 is 14.7 Å². The summed E-state index contributed by atoms with van der Waals surface area (Å²) in [4.78, 5) is 31.7. The fraction of sp³-hybridized carbons (Fsp3) is 0.0800. The van der Waals surface area contributed by atoms with Gasteiger partial charge >= 0.3 is 5.91 Å². The Labute approximate surface area is 217 Å². The summed E-state index contributed by atoms with van der Waals surface area (Å²) in [5.74, 6) is -1.10. The Bertz CT molecular complexity index is 1410. The molecular weight excluding hydrogens is 548 g/mol. The largest absolute Gasteiger partial charge is 0.507 e. The monoisotopic (exact) mass is 564 g/mol. The van der Waals surface area contributed by atoms with E-state index in [0.29, 0.717) is 26.4 Å². The second-order valence-corrected chi connectivity index (χ2v) is 10.7. The van der Waals surface area contributed by atoms with E-state index in [9.17, 15) is 14.7 Å². The number of aliphatic hydroxyl groups excluding tert-OH is 1. The molecule has 7 nitrogen and oxygen atoms in total. The molecule has 0 spiro atoms. The number of anilines is 1. The lowest BCUT2D eigenvalue weighted by atomic mass is 9.96. The van der Waals surface area contributed by atoms with Crippen LogP contribution >= 0.6 is 39.0 Å². The molecule has 2 aromatic heterocycles. The lowest BCUT2D eigenvalue weighted by molar-refractivity contribution is -0.132. The van der Waals surface area contributed by atoms with Crippen LogP contribution in [0.3, 0.4) is 0 Å². The number of carbonyl (C=O) groups is 2. The molecule has 0 aliphatic carbocycles. The second kappa shape index (κ2) is 10.1. The van der Waals surface area contributed by atoms with Crippen LogP contribution in [0.1, 0.15) is 22.7 Å². The molecule has 0 bridgehead atoms. The quantitative estimate of drug-likeness (QED) is 0.107. The highest BCUT2D eigenvalue weighted by Gasteiger charge is 2.48. The molecule has 1 atom stereocenters. The summed E-state index contributed by atoms with van der Waals surface area (Å²) in [5.41, 5.74) is 2.20. The number of amides is 1. The summed E-state index contributed by atoms with van der Waals surface area (Å²) in [6.45, 7) is 0. The Kier molecular flexibility index (Phi) is 6.76. The number of rotatable bonds is 6. The third-order valence-electron chi connectivity index (χ3n) is 5.39. The number of aliphatic hydroxyl groups is 1. The van der Waals surface area contributed by atoms with Gasteiger partial charge in [-0.25, -0.2) is 0 Å². The van der Waals surface area contributed by atoms with Crippen molar-refractivity contribution in [3.63, 3.8) is 0 Å². The van der Waals surface area contributed by atoms with Crippen LogP contribution in [0.4, 0.5) is 5.13 Å². The van der Waals surface area contributed by atoms with E-state index >= 15 is 0 Å². The average Bonchev–Trinajstić information content (AvgIpc) is 3.46. The number of nitrogens with zero attached hydrogens (tertiary/aromatic N) is 4. The summed E-state index contributed by atoms with van der Waals surface area (Å²) in [7, 11) is 0. The maximum absolute atomic E-state index is 13.2. The summed E-state index contributed by atoms with van der Waals surface area (Å²) >= 11 is 6.16. The SMILES string of the molecule is O=C1C(=O)N(c2nnc(SCc3ccccc3)s2)C(c2ccc(Br)cc2)/C1=C(\O)c1ccncc1. The molecule has 1 amide bonds. The van der Waals surface area contributed by atoms with Gasteiger partial charge in [0.1, 0.15) is 5.76 Å². The molecule has 3 heterocycles. The van der Waals surface area contributed by atoms with Crippen molar-refractivity contribution >= 4 is 61.6 Å². The molecule has 10 heteroatoms. The smallest absolute Gasteiger partial charge is 0.301 e. The van der Waals surface area contributed by atoms with E-state index in [0.717, 1.165) is 10.0 Å². The number of benzene rings is 2. The maximum atomic E-state index is 13.2. The number of ketones is 1. The molecule has 5 rings (SSSR count). The minimum atomic E-state index is -0.851. The van der Waals surface area contributed by atoms with Crippen LogP contribution < -0.4 is 4.90 Å². The first-order valence-electron chi connectivity index (χ1n) is 10.5. The Morgan fingerprint density at radius 2 is 1.71 bits per heavy atom. The topological polar surface area (TPSA) is 96.3 Å². The summed E-state index contributed by atoms with van der Waals surface area (Å²) < 4.78 is 1.53. The van der Waals surface area contributed by atoms with Gasteiger partial charge in [-0.05, 0) is 35.4 Å². The van der Waals surface area contributed by atoms with Gasteiger partial charge in [0.15, 0.2) is 4.34 Å². The number of hydrogen-bond acceptors (Lipinski definition) is 8. The van der Waals surface area contributed by atoms with Crippen LogP contribution in [0.15, 0.2) is 93.5 Å². The highest BCUT2D eigenvalue weighted by atomic mass is 79.9. The average molecular weight is 565 g/mol. The van der Waals surface area contributed by atoms with E-state index in [1.807, 2.05) is 42.5 Å². The van der Waals surface area contributed by atoms with Gasteiger partial charge in [0.2, 0.25) is 5.13 Å². The molecule has 2 aromatic carbocycles. The summed E-state index contributed by atoms with van der Waals surface area (Å²) in [5, 5.41) is 19.8. The zero-order valence-electron chi connectivity index (χ0n) is 18.0. The molecule has 1 N–H and O–H groups in total. The van der Waals surface area contributed by atoms with E-state index in [-0.39, 0.29) is 11.3 Å². The molecule has 35 heavy (non-hydrogen) atoms. The van der Waals surface area contributed by atoms with Gasteiger partial charge in [-0.1, -0.05) is 81.5 Å². The molecule has 4 aromatic rings. The van der Waals surface area contributed by atoms with Gasteiger partial charge in [0.05, 0.1) is 11.6 Å². The van der Waals surface area contributed by atoms with Crippen LogP contribution in [0.25, 0.3) is 5.76 Å². The van der Waals surface area contributed by atoms with Gasteiger partial charge in [-0.3, -0.25) is 19.5 Å². The van der Waals surface area contributed by atoms with Gasteiger partial charge in [0.25, 0.3) is 5.78 Å². The third-order valence-corrected chi connectivity index (χ3v) is 8.05. The molecule has 1 aliphatic heterocycles. The van der Waals surface area contributed by atoms with Crippen LogP contribution in [-0.4, -0.2) is 32.0 Å². The zero-order chi connectivity index (χ0) is 24.4. The van der Waals surface area contributed by atoms with Crippen molar-refractivity contribution in [2.24, 2.45) is 0 Å². The van der Waals surface area contributed by atoms with Gasteiger partial charge in [0, 0.05) is 28.2 Å². The minimum absolute atomic E-state index is 0.00258. The van der Waals surface area contributed by atoms with Crippen LogP contribution in [-0.2, 0) is 15.3 Å². The van der Waals surface area contributed by atoms with E-state index in [1.165, 1.54) is 40.4 Å². The third kappa shape index (κ3) is 4.77. The number of thioether (sulfide) groups is 1. The lowest BCUT2D eigenvalue weighted by Gasteiger charge is -2.22. The fourth-order valence-electron chi connectivity index (χ4n) is 3.73. The second-order valence-electron chi connectivity index (χ2n) is 7.58. The van der Waals surface area contributed by atoms with E-state index in [1.54, 1.807) is 24.3 Å². The first-order valence-corrected chi connectivity index (χ1v) is 13.1. The van der Waals surface area contributed by atoms with Crippen LogP contribution in [0.2, 0.25) is 0 Å². The zero-order valence-corrected chi connectivity index (χ0v) is 21.3. The van der Waals surface area contributed by atoms with Crippen molar-refractivity contribution in [2.75, 3.05) is 4.90 Å². The molecule has 0 saturated carbocycles. The van der Waals surface area contributed by atoms with Crippen molar-refractivity contribution in [1.29, 1.82) is 0 Å². The van der Waals surface area contributed by atoms with Crippen molar-refractivity contribution in [3.8, 4) is 0 Å². The Morgan fingerprint density at radius 1 is 1.00 bits per heavy atom. The lowest BCUT2D eigenvalue weighted by Crippen LogP contribution is -2.29. The molecule has 1 saturated heterocycles. The first-order chi connectivity index (χ1) is 17.0. The standard InChI is InChI=1S/C25H17BrN4O3S2/c26-18-8-6-16(7-9-18)20-19(21(31)17-10-12-27-13-11-17)22(32)23(33)30(20)24-28-29-25(35-24)34-14-15-4-2-1-3-5-15/h1-13,20,31H,14H2/b21-19+. The fourth-order valence-corrected chi connectivity index (χ4v) is 5.82. The number of hydrogen-bond donors (Lipinski definition) is 1. The first kappa shape index (κ1) is 23.4. The highest BCUT2D eigenvalue weighted by Crippen LogP contribution is 2.44. The molecule has 174 valence electrons. The van der Waals surface area contributed by atoms with E-state index < -0.39 is 17.7 Å². The molecule has 1 fully saturated rings. The molecular formula is C25H17BrN4O3S2. The van der Waals surface area contributed by atoms with Gasteiger partial charge in [-0.2, -0.15) is 0 Å². The number of aromatic nitrogens is 3. The highest BCUT2D eigenvalue weighted by molar-refractivity contribution is 9.10. The van der Waals surface area contributed by atoms with E-state index in [4.69, 9.17) is 0 Å². The van der Waals surface area contributed by atoms with Crippen molar-refractivity contribution in [2.45, 2.75) is 16.1 Å². The van der Waals surface area contributed by atoms with Crippen molar-refractivity contribution in [1.82, 2.24) is 15.2 Å². The van der Waals surface area contributed by atoms with Gasteiger partial charge in [-0.15, -0.1) is 10.2 Å². The Hall–Kier alpha value is -3.34. The minimum Gasteiger partial charge on any atom is -0.507 e. The molecule has 1 aliphatic rings. The van der Waals surface area contributed by atoms with E-state index in [2.05, 4.69) is 31.1 Å². The molecule has 1 unspecified atom stereocenters.